The molecule has 96 valence electrons. The van der Waals surface area contributed by atoms with Crippen LogP contribution in [0.4, 0.5) is 0 Å². The third-order valence-corrected chi connectivity index (χ3v) is 5.27. The molecule has 1 aliphatic rings. The van der Waals surface area contributed by atoms with Crippen molar-refractivity contribution in [3.8, 4) is 6.07 Å². The zero-order chi connectivity index (χ0) is 13.2. The predicted octanol–water partition coefficient (Wildman–Crippen LogP) is 3.57. The van der Waals surface area contributed by atoms with Gasteiger partial charge in [0.1, 0.15) is 0 Å². The van der Waals surface area contributed by atoms with Crippen molar-refractivity contribution >= 4 is 31.9 Å². The minimum Gasteiger partial charge on any atom is -0.387 e. The molecule has 0 spiro atoms. The second kappa shape index (κ2) is 5.70. The van der Waals surface area contributed by atoms with Gasteiger partial charge in [-0.1, -0.05) is 6.07 Å². The van der Waals surface area contributed by atoms with Crippen LogP contribution in [0, 0.1) is 16.7 Å². The Kier molecular flexibility index (Phi) is 4.44. The first kappa shape index (κ1) is 14.0. The summed E-state index contributed by atoms with van der Waals surface area (Å²) in [7, 11) is 0. The van der Waals surface area contributed by atoms with E-state index >= 15 is 0 Å². The van der Waals surface area contributed by atoms with Gasteiger partial charge >= 0.3 is 0 Å². The largest absolute Gasteiger partial charge is 0.387 e. The molecule has 1 unspecified atom stereocenters. The van der Waals surface area contributed by atoms with Crippen LogP contribution in [0.1, 0.15) is 24.5 Å². The number of halogens is 2. The van der Waals surface area contributed by atoms with Crippen molar-refractivity contribution in [2.75, 3.05) is 13.2 Å². The molecule has 1 saturated heterocycles. The third kappa shape index (κ3) is 2.62. The standard InChI is InChI=1S/C13H13Br2NO2/c14-10-2-1-9(7-11(10)15)12(17)13(8-16)3-5-18-6-4-13/h1-2,7,12,17H,3-6H2. The number of rotatable bonds is 2. The molecule has 3 nitrogen and oxygen atoms in total. The van der Waals surface area contributed by atoms with Crippen LogP contribution in [0.3, 0.4) is 0 Å². The number of hydrogen-bond donors (Lipinski definition) is 1. The van der Waals surface area contributed by atoms with Crippen molar-refractivity contribution in [1.82, 2.24) is 0 Å². The molecule has 18 heavy (non-hydrogen) atoms. The molecule has 0 aliphatic carbocycles. The zero-order valence-corrected chi connectivity index (χ0v) is 12.9. The lowest BCUT2D eigenvalue weighted by atomic mass is 9.74. The van der Waals surface area contributed by atoms with Crippen LogP contribution in [0.25, 0.3) is 0 Å². The molecule has 0 aromatic heterocycles. The average Bonchev–Trinajstić information content (AvgIpc) is 2.42. The Balaban J connectivity index is 2.31. The fourth-order valence-electron chi connectivity index (χ4n) is 2.18. The summed E-state index contributed by atoms with van der Waals surface area (Å²) in [4.78, 5) is 0. The molecule has 1 N–H and O–H groups in total. The summed E-state index contributed by atoms with van der Waals surface area (Å²) in [5, 5.41) is 19.9. The Morgan fingerprint density at radius 3 is 2.50 bits per heavy atom. The summed E-state index contributed by atoms with van der Waals surface area (Å²) in [6.07, 6.45) is 0.354. The van der Waals surface area contributed by atoms with E-state index in [-0.39, 0.29) is 0 Å². The SMILES string of the molecule is N#CC1(C(O)c2ccc(Br)c(Br)c2)CCOCC1. The predicted molar refractivity (Wildman–Crippen MR) is 74.9 cm³/mol. The maximum absolute atomic E-state index is 10.5. The molecule has 1 fully saturated rings. The fourth-order valence-corrected chi connectivity index (χ4v) is 2.83. The van der Waals surface area contributed by atoms with Gasteiger partial charge in [-0.3, -0.25) is 0 Å². The molecule has 1 heterocycles. The summed E-state index contributed by atoms with van der Waals surface area (Å²) < 4.78 is 7.08. The molecule has 5 heteroatoms. The summed E-state index contributed by atoms with van der Waals surface area (Å²) in [6.45, 7) is 1.06. The number of ether oxygens (including phenoxy) is 1. The van der Waals surface area contributed by atoms with E-state index in [9.17, 15) is 10.4 Å². The number of nitrogens with zero attached hydrogens (tertiary/aromatic N) is 1. The van der Waals surface area contributed by atoms with Crippen molar-refractivity contribution in [2.45, 2.75) is 18.9 Å². The van der Waals surface area contributed by atoms with Crippen molar-refractivity contribution in [3.05, 3.63) is 32.7 Å². The van der Waals surface area contributed by atoms with Gasteiger partial charge in [0.2, 0.25) is 0 Å². The summed E-state index contributed by atoms with van der Waals surface area (Å²) in [6, 6.07) is 7.85. The van der Waals surface area contributed by atoms with Crippen molar-refractivity contribution in [1.29, 1.82) is 5.26 Å². The van der Waals surface area contributed by atoms with Gasteiger partial charge in [-0.25, -0.2) is 0 Å². The van der Waals surface area contributed by atoms with Crippen LogP contribution in [0.5, 0.6) is 0 Å². The topological polar surface area (TPSA) is 53.2 Å². The maximum Gasteiger partial charge on any atom is 0.0978 e. The number of nitriles is 1. The van der Waals surface area contributed by atoms with E-state index in [1.807, 2.05) is 18.2 Å². The van der Waals surface area contributed by atoms with Crippen LogP contribution in [0.15, 0.2) is 27.1 Å². The highest BCUT2D eigenvalue weighted by Crippen LogP contribution is 2.42. The minimum atomic E-state index is -0.782. The molecule has 0 amide bonds. The number of benzene rings is 1. The number of aliphatic hydroxyl groups is 1. The first-order valence-electron chi connectivity index (χ1n) is 5.71. The lowest BCUT2D eigenvalue weighted by molar-refractivity contribution is -0.0310. The van der Waals surface area contributed by atoms with Gasteiger partial charge in [0.05, 0.1) is 17.6 Å². The van der Waals surface area contributed by atoms with Gasteiger partial charge in [0, 0.05) is 22.2 Å². The lowest BCUT2D eigenvalue weighted by Crippen LogP contribution is -2.34. The first-order valence-corrected chi connectivity index (χ1v) is 7.30. The second-order valence-electron chi connectivity index (χ2n) is 4.46. The molecule has 2 rings (SSSR count). The van der Waals surface area contributed by atoms with E-state index in [4.69, 9.17) is 4.74 Å². The van der Waals surface area contributed by atoms with E-state index in [2.05, 4.69) is 37.9 Å². The summed E-state index contributed by atoms with van der Waals surface area (Å²) in [5.74, 6) is 0. The van der Waals surface area contributed by atoms with E-state index in [0.29, 0.717) is 26.1 Å². The van der Waals surface area contributed by atoms with Gasteiger partial charge in [0.15, 0.2) is 0 Å². The second-order valence-corrected chi connectivity index (χ2v) is 6.17. The van der Waals surface area contributed by atoms with E-state index in [1.54, 1.807) is 0 Å². The number of hydrogen-bond acceptors (Lipinski definition) is 3. The minimum absolute atomic E-state index is 0.530. The molecule has 0 radical (unpaired) electrons. The highest BCUT2D eigenvalue weighted by molar-refractivity contribution is 9.13. The molecule has 1 atom stereocenters. The van der Waals surface area contributed by atoms with E-state index in [0.717, 1.165) is 14.5 Å². The lowest BCUT2D eigenvalue weighted by Gasteiger charge is -2.35. The molecular weight excluding hydrogens is 362 g/mol. The average molecular weight is 375 g/mol. The van der Waals surface area contributed by atoms with Crippen molar-refractivity contribution < 1.29 is 9.84 Å². The Labute approximate surface area is 123 Å². The smallest absolute Gasteiger partial charge is 0.0978 e. The highest BCUT2D eigenvalue weighted by Gasteiger charge is 2.40. The van der Waals surface area contributed by atoms with Gasteiger partial charge in [0.25, 0.3) is 0 Å². The number of aliphatic hydroxyl groups excluding tert-OH is 1. The molecular formula is C13H13Br2NO2. The fraction of sp³-hybridized carbons (Fsp3) is 0.462. The monoisotopic (exact) mass is 373 g/mol. The van der Waals surface area contributed by atoms with Gasteiger partial charge in [-0.05, 0) is 62.4 Å². The molecule has 0 saturated carbocycles. The van der Waals surface area contributed by atoms with Gasteiger partial charge in [-0.2, -0.15) is 5.26 Å². The maximum atomic E-state index is 10.5. The molecule has 1 aromatic carbocycles. The Hall–Kier alpha value is -0.410. The molecule has 1 aliphatic heterocycles. The third-order valence-electron chi connectivity index (χ3n) is 3.39. The van der Waals surface area contributed by atoms with Crippen molar-refractivity contribution in [2.24, 2.45) is 5.41 Å². The van der Waals surface area contributed by atoms with Crippen LogP contribution in [0.2, 0.25) is 0 Å². The normalized spacial score (nSPS) is 20.1. The zero-order valence-electron chi connectivity index (χ0n) is 9.70. The highest BCUT2D eigenvalue weighted by atomic mass is 79.9. The Morgan fingerprint density at radius 2 is 1.94 bits per heavy atom. The van der Waals surface area contributed by atoms with Crippen molar-refractivity contribution in [3.63, 3.8) is 0 Å². The summed E-state index contributed by atoms with van der Waals surface area (Å²) >= 11 is 6.80. The van der Waals surface area contributed by atoms with Crippen LogP contribution in [-0.2, 0) is 4.74 Å². The van der Waals surface area contributed by atoms with Gasteiger partial charge < -0.3 is 9.84 Å². The first-order chi connectivity index (χ1) is 8.59. The van der Waals surface area contributed by atoms with Gasteiger partial charge in [-0.15, -0.1) is 0 Å². The van der Waals surface area contributed by atoms with Crippen LogP contribution < -0.4 is 0 Å². The van der Waals surface area contributed by atoms with E-state index < -0.39 is 11.5 Å². The van der Waals surface area contributed by atoms with Crippen LogP contribution in [-0.4, -0.2) is 18.3 Å². The summed E-state index contributed by atoms with van der Waals surface area (Å²) in [5.41, 5.74) is 0.0273. The molecule has 1 aromatic rings. The Bertz CT molecular complexity index is 478. The van der Waals surface area contributed by atoms with Crippen LogP contribution >= 0.6 is 31.9 Å². The van der Waals surface area contributed by atoms with E-state index in [1.165, 1.54) is 0 Å². The quantitative estimate of drug-likeness (QED) is 0.860. The molecule has 0 bridgehead atoms. The Morgan fingerprint density at radius 1 is 1.28 bits per heavy atom.